The maximum absolute atomic E-state index is 13.2. The molecule has 4 aliphatic rings. The van der Waals surface area contributed by atoms with Crippen molar-refractivity contribution in [1.29, 1.82) is 0 Å². The minimum Gasteiger partial charge on any atom is -0.323 e. The largest absolute Gasteiger partial charge is 0.323 e. The first kappa shape index (κ1) is 13.8. The Morgan fingerprint density at radius 1 is 1.00 bits per heavy atom. The minimum absolute atomic E-state index is 0.0557. The van der Waals surface area contributed by atoms with E-state index in [0.29, 0.717) is 10.8 Å². The summed E-state index contributed by atoms with van der Waals surface area (Å²) in [7, 11) is 0. The fourth-order valence-electron chi connectivity index (χ4n) is 6.91. The van der Waals surface area contributed by atoms with Crippen LogP contribution in [0.15, 0.2) is 24.3 Å². The van der Waals surface area contributed by atoms with Gasteiger partial charge in [0, 0.05) is 6.04 Å². The first-order valence-corrected chi connectivity index (χ1v) is 8.33. The van der Waals surface area contributed by atoms with E-state index in [1.807, 2.05) is 12.1 Å². The van der Waals surface area contributed by atoms with Crippen molar-refractivity contribution in [3.63, 3.8) is 0 Å². The molecule has 0 aromatic heterocycles. The van der Waals surface area contributed by atoms with Crippen molar-refractivity contribution in [2.45, 2.75) is 58.4 Å². The smallest absolute Gasteiger partial charge is 0.123 e. The summed E-state index contributed by atoms with van der Waals surface area (Å²) in [5.74, 6) is 0.679. The van der Waals surface area contributed by atoms with Gasteiger partial charge < -0.3 is 5.73 Å². The number of hydrogen-bond acceptors (Lipinski definition) is 1. The second kappa shape index (κ2) is 4.10. The molecular formula is C19H26FN. The second-order valence-electron chi connectivity index (χ2n) is 9.02. The zero-order valence-corrected chi connectivity index (χ0v) is 13.2. The SMILES string of the molecule is CC12CC3CC(C)(C1)CC(C(N)c1ccc(F)cc1)(C3)C2. The maximum Gasteiger partial charge on any atom is 0.123 e. The van der Waals surface area contributed by atoms with Crippen LogP contribution in [-0.4, -0.2) is 0 Å². The zero-order valence-electron chi connectivity index (χ0n) is 13.2. The van der Waals surface area contributed by atoms with Gasteiger partial charge in [0.2, 0.25) is 0 Å². The van der Waals surface area contributed by atoms with Gasteiger partial charge in [-0.15, -0.1) is 0 Å². The Bertz CT molecular complexity index is 545. The molecule has 2 N–H and O–H groups in total. The molecule has 21 heavy (non-hydrogen) atoms. The lowest BCUT2D eigenvalue weighted by Crippen LogP contribution is -2.58. The van der Waals surface area contributed by atoms with Crippen LogP contribution < -0.4 is 5.73 Å². The molecule has 0 aliphatic heterocycles. The highest BCUT2D eigenvalue weighted by Crippen LogP contribution is 2.71. The monoisotopic (exact) mass is 287 g/mol. The molecule has 1 aromatic rings. The van der Waals surface area contributed by atoms with Crippen LogP contribution in [0, 0.1) is 28.0 Å². The Balaban J connectivity index is 1.72. The third-order valence-corrected chi connectivity index (χ3v) is 6.56. The van der Waals surface area contributed by atoms with E-state index in [9.17, 15) is 4.39 Å². The molecule has 114 valence electrons. The quantitative estimate of drug-likeness (QED) is 0.829. The number of rotatable bonds is 2. The standard InChI is InChI=1S/C19H26FN/c1-17-7-13-8-18(2,10-17)12-19(9-13,11-17)16(21)14-3-5-15(20)6-4-14/h3-6,13,16H,7-12,21H2,1-2H3. The summed E-state index contributed by atoms with van der Waals surface area (Å²) in [5.41, 5.74) is 9.05. The molecule has 4 fully saturated rings. The summed E-state index contributed by atoms with van der Waals surface area (Å²) < 4.78 is 13.2. The van der Waals surface area contributed by atoms with Crippen molar-refractivity contribution >= 4 is 0 Å². The van der Waals surface area contributed by atoms with Crippen molar-refractivity contribution in [1.82, 2.24) is 0 Å². The minimum atomic E-state index is -0.171. The van der Waals surface area contributed by atoms with E-state index >= 15 is 0 Å². The Labute approximate surface area is 127 Å². The van der Waals surface area contributed by atoms with Gasteiger partial charge in [-0.05, 0) is 78.4 Å². The highest BCUT2D eigenvalue weighted by molar-refractivity contribution is 5.25. The highest BCUT2D eigenvalue weighted by atomic mass is 19.1. The maximum atomic E-state index is 13.2. The zero-order chi connectivity index (χ0) is 14.9. The van der Waals surface area contributed by atoms with Gasteiger partial charge in [0.15, 0.2) is 0 Å². The van der Waals surface area contributed by atoms with Gasteiger partial charge in [-0.25, -0.2) is 4.39 Å². The first-order chi connectivity index (χ1) is 9.82. The van der Waals surface area contributed by atoms with E-state index in [4.69, 9.17) is 5.73 Å². The van der Waals surface area contributed by atoms with Gasteiger partial charge in [-0.1, -0.05) is 26.0 Å². The summed E-state index contributed by atoms with van der Waals surface area (Å²) in [6.45, 7) is 4.95. The third kappa shape index (κ3) is 2.06. The van der Waals surface area contributed by atoms with E-state index < -0.39 is 0 Å². The summed E-state index contributed by atoms with van der Waals surface area (Å²) in [5, 5.41) is 0. The second-order valence-corrected chi connectivity index (χ2v) is 9.02. The molecule has 1 nitrogen and oxygen atoms in total. The molecule has 4 bridgehead atoms. The van der Waals surface area contributed by atoms with Crippen LogP contribution in [0.5, 0.6) is 0 Å². The lowest BCUT2D eigenvalue weighted by molar-refractivity contribution is -0.154. The van der Waals surface area contributed by atoms with Crippen LogP contribution in [-0.2, 0) is 0 Å². The van der Waals surface area contributed by atoms with Crippen molar-refractivity contribution in [3.8, 4) is 0 Å². The topological polar surface area (TPSA) is 26.0 Å². The molecular weight excluding hydrogens is 261 g/mol. The van der Waals surface area contributed by atoms with Crippen molar-refractivity contribution in [3.05, 3.63) is 35.6 Å². The molecule has 0 heterocycles. The van der Waals surface area contributed by atoms with Gasteiger partial charge in [-0.3, -0.25) is 0 Å². The summed E-state index contributed by atoms with van der Waals surface area (Å²) in [6, 6.07) is 6.95. The van der Waals surface area contributed by atoms with E-state index in [1.54, 1.807) is 12.1 Å². The Hall–Kier alpha value is -0.890. The van der Waals surface area contributed by atoms with Gasteiger partial charge in [0.1, 0.15) is 5.82 Å². The number of nitrogens with two attached hydrogens (primary N) is 1. The van der Waals surface area contributed by atoms with Crippen LogP contribution in [0.25, 0.3) is 0 Å². The Kier molecular flexibility index (Phi) is 2.68. The third-order valence-electron chi connectivity index (χ3n) is 6.56. The average Bonchev–Trinajstić information content (AvgIpc) is 2.34. The lowest BCUT2D eigenvalue weighted by atomic mass is 9.39. The van der Waals surface area contributed by atoms with Crippen LogP contribution in [0.3, 0.4) is 0 Å². The first-order valence-electron chi connectivity index (χ1n) is 8.33. The van der Waals surface area contributed by atoms with E-state index in [2.05, 4.69) is 13.8 Å². The fourth-order valence-corrected chi connectivity index (χ4v) is 6.91. The predicted molar refractivity (Wildman–Crippen MR) is 83.2 cm³/mol. The molecule has 3 unspecified atom stereocenters. The lowest BCUT2D eigenvalue weighted by Gasteiger charge is -2.67. The Morgan fingerprint density at radius 2 is 1.57 bits per heavy atom. The summed E-state index contributed by atoms with van der Waals surface area (Å²) in [6.07, 6.45) is 7.93. The number of benzene rings is 1. The molecule has 4 aliphatic carbocycles. The fraction of sp³-hybridized carbons (Fsp3) is 0.684. The molecule has 3 atom stereocenters. The van der Waals surface area contributed by atoms with Crippen LogP contribution >= 0.6 is 0 Å². The van der Waals surface area contributed by atoms with Gasteiger partial charge >= 0.3 is 0 Å². The normalized spacial score (nSPS) is 45.8. The number of hydrogen-bond donors (Lipinski definition) is 1. The van der Waals surface area contributed by atoms with Crippen LogP contribution in [0.4, 0.5) is 4.39 Å². The van der Waals surface area contributed by atoms with Crippen molar-refractivity contribution < 1.29 is 4.39 Å². The van der Waals surface area contributed by atoms with Crippen molar-refractivity contribution in [2.24, 2.45) is 27.9 Å². The van der Waals surface area contributed by atoms with Crippen LogP contribution in [0.1, 0.15) is 64.0 Å². The molecule has 2 heteroatoms. The number of halogens is 1. The molecule has 0 spiro atoms. The summed E-state index contributed by atoms with van der Waals surface area (Å²) >= 11 is 0. The van der Waals surface area contributed by atoms with Gasteiger partial charge in [0.05, 0.1) is 0 Å². The van der Waals surface area contributed by atoms with E-state index in [-0.39, 0.29) is 17.3 Å². The molecule has 5 rings (SSSR count). The van der Waals surface area contributed by atoms with Gasteiger partial charge in [0.25, 0.3) is 0 Å². The molecule has 0 amide bonds. The van der Waals surface area contributed by atoms with E-state index in [1.165, 1.54) is 38.5 Å². The highest BCUT2D eigenvalue weighted by Gasteiger charge is 2.61. The average molecular weight is 287 g/mol. The predicted octanol–water partition coefficient (Wildman–Crippen LogP) is 4.82. The van der Waals surface area contributed by atoms with Gasteiger partial charge in [-0.2, -0.15) is 0 Å². The van der Waals surface area contributed by atoms with Crippen LogP contribution in [0.2, 0.25) is 0 Å². The van der Waals surface area contributed by atoms with E-state index in [0.717, 1.165) is 11.5 Å². The molecule has 0 saturated heterocycles. The van der Waals surface area contributed by atoms with Crippen molar-refractivity contribution in [2.75, 3.05) is 0 Å². The Morgan fingerprint density at radius 3 is 2.10 bits per heavy atom. The summed E-state index contributed by atoms with van der Waals surface area (Å²) in [4.78, 5) is 0. The molecule has 4 saturated carbocycles. The molecule has 1 aromatic carbocycles. The molecule has 0 radical (unpaired) electrons.